The Hall–Kier alpha value is -0.300. The number of ketones is 1. The van der Waals surface area contributed by atoms with E-state index in [9.17, 15) is 4.79 Å². The molecule has 0 radical (unpaired) electrons. The number of pyridine rings is 1. The lowest BCUT2D eigenvalue weighted by Gasteiger charge is -2.17. The molecule has 0 aromatic carbocycles. The molecule has 1 aliphatic heterocycles. The van der Waals surface area contributed by atoms with Crippen LogP contribution in [-0.4, -0.2) is 17.3 Å². The highest BCUT2D eigenvalue weighted by molar-refractivity contribution is 14.2. The average Bonchev–Trinajstić information content (AvgIpc) is 2.52. The van der Waals surface area contributed by atoms with E-state index in [0.29, 0.717) is 6.42 Å². The Morgan fingerprint density at radius 1 is 1.50 bits per heavy atom. The summed E-state index contributed by atoms with van der Waals surface area (Å²) in [7, 11) is 1.59. The van der Waals surface area contributed by atoms with Crippen LogP contribution in [0.5, 0.6) is 0 Å². The fraction of sp³-hybridized carbons (Fsp3) is 0.455. The lowest BCUT2D eigenvalue weighted by atomic mass is 10.1. The molecule has 1 aromatic heterocycles. The molecule has 3 nitrogen and oxygen atoms in total. The highest BCUT2D eigenvalue weighted by Crippen LogP contribution is 2.31. The standard InChI is InChI=1S/C9H9IN2OS.C2H6/c10-14-12-6-2-4-8(13)7-3-1-5-11-9(7)12;1-2/h1,3,5H,2,4,6H2;1-2H3. The number of rotatable bonds is 1. The Bertz CT molecular complexity index is 360. The molecule has 0 fully saturated rings. The molecule has 16 heavy (non-hydrogen) atoms. The van der Waals surface area contributed by atoms with Crippen molar-refractivity contribution in [3.05, 3.63) is 23.9 Å². The molecule has 1 aromatic rings. The van der Waals surface area contributed by atoms with Gasteiger partial charge in [0, 0.05) is 49.5 Å². The number of halogens is 1. The van der Waals surface area contributed by atoms with E-state index in [2.05, 4.69) is 30.5 Å². The van der Waals surface area contributed by atoms with E-state index in [0.717, 1.165) is 24.3 Å². The third-order valence-electron chi connectivity index (χ3n) is 2.17. The fourth-order valence-corrected chi connectivity index (χ4v) is 3.06. The van der Waals surface area contributed by atoms with E-state index in [1.807, 2.05) is 26.0 Å². The number of Topliss-reactive ketones (excluding diaryl/α,β-unsaturated/α-hetero) is 1. The van der Waals surface area contributed by atoms with Crippen LogP contribution in [-0.2, 0) is 0 Å². The zero-order valence-corrected chi connectivity index (χ0v) is 12.4. The summed E-state index contributed by atoms with van der Waals surface area (Å²) in [5.74, 6) is 1.02. The van der Waals surface area contributed by atoms with Crippen molar-refractivity contribution in [2.45, 2.75) is 26.7 Å². The van der Waals surface area contributed by atoms with Crippen LogP contribution in [0.4, 0.5) is 5.82 Å². The Morgan fingerprint density at radius 3 is 2.94 bits per heavy atom. The number of aromatic nitrogens is 1. The summed E-state index contributed by atoms with van der Waals surface area (Å²) in [5.41, 5.74) is 0.758. The second-order valence-electron chi connectivity index (χ2n) is 3.07. The van der Waals surface area contributed by atoms with Crippen molar-refractivity contribution in [2.75, 3.05) is 10.8 Å². The van der Waals surface area contributed by atoms with E-state index in [1.165, 1.54) is 0 Å². The number of carbonyl (C=O) groups is 1. The quantitative estimate of drug-likeness (QED) is 0.568. The lowest BCUT2D eigenvalue weighted by Crippen LogP contribution is -2.14. The molecule has 5 heteroatoms. The van der Waals surface area contributed by atoms with Crippen LogP contribution < -0.4 is 4.31 Å². The maximum absolute atomic E-state index is 11.7. The Kier molecular flexibility index (Phi) is 6.12. The molecule has 0 N–H and O–H groups in total. The van der Waals surface area contributed by atoms with Crippen molar-refractivity contribution in [2.24, 2.45) is 0 Å². The largest absolute Gasteiger partial charge is 0.294 e. The van der Waals surface area contributed by atoms with Gasteiger partial charge in [-0.15, -0.1) is 0 Å². The smallest absolute Gasteiger partial charge is 0.166 e. The molecular weight excluding hydrogens is 335 g/mol. The van der Waals surface area contributed by atoms with Gasteiger partial charge in [-0.25, -0.2) is 4.98 Å². The normalized spacial score (nSPS) is 14.7. The number of fused-ring (bicyclic) bond motifs is 1. The molecule has 2 heterocycles. The molecule has 0 aliphatic carbocycles. The first-order chi connectivity index (χ1) is 7.83. The number of anilines is 1. The first-order valence-corrected chi connectivity index (χ1v) is 8.69. The van der Waals surface area contributed by atoms with Crippen LogP contribution >= 0.6 is 30.3 Å². The Labute approximate surface area is 113 Å². The van der Waals surface area contributed by atoms with Gasteiger partial charge in [-0.05, 0) is 18.6 Å². The zero-order valence-electron chi connectivity index (χ0n) is 9.44. The number of nitrogens with zero attached hydrogens (tertiary/aromatic N) is 2. The topological polar surface area (TPSA) is 33.2 Å². The summed E-state index contributed by atoms with van der Waals surface area (Å²) in [6.45, 7) is 4.89. The highest BCUT2D eigenvalue weighted by Gasteiger charge is 2.21. The summed E-state index contributed by atoms with van der Waals surface area (Å²) in [6, 6.07) is 3.67. The van der Waals surface area contributed by atoms with Gasteiger partial charge in [-0.1, -0.05) is 13.8 Å². The number of carbonyl (C=O) groups excluding carboxylic acids is 1. The maximum Gasteiger partial charge on any atom is 0.166 e. The van der Waals surface area contributed by atoms with Crippen LogP contribution in [0.15, 0.2) is 18.3 Å². The van der Waals surface area contributed by atoms with Gasteiger partial charge < -0.3 is 0 Å². The zero-order chi connectivity index (χ0) is 12.0. The summed E-state index contributed by atoms with van der Waals surface area (Å²) >= 11 is 2.22. The van der Waals surface area contributed by atoms with Gasteiger partial charge in [-0.3, -0.25) is 9.10 Å². The van der Waals surface area contributed by atoms with Crippen molar-refractivity contribution >= 4 is 41.9 Å². The summed E-state index contributed by atoms with van der Waals surface area (Å²) < 4.78 is 2.07. The van der Waals surface area contributed by atoms with Crippen molar-refractivity contribution < 1.29 is 4.79 Å². The summed E-state index contributed by atoms with van der Waals surface area (Å²) in [6.07, 6.45) is 3.27. The van der Waals surface area contributed by atoms with Crippen LogP contribution in [0.2, 0.25) is 0 Å². The lowest BCUT2D eigenvalue weighted by molar-refractivity contribution is 0.0983. The van der Waals surface area contributed by atoms with E-state index >= 15 is 0 Å². The predicted octanol–water partition coefficient (Wildman–Crippen LogP) is 3.89. The molecule has 0 spiro atoms. The second kappa shape index (κ2) is 7.11. The summed E-state index contributed by atoms with van der Waals surface area (Å²) in [4.78, 5) is 16.0. The minimum absolute atomic E-state index is 0.209. The van der Waals surface area contributed by atoms with Gasteiger partial charge in [0.25, 0.3) is 0 Å². The number of hydrogen-bond acceptors (Lipinski definition) is 4. The van der Waals surface area contributed by atoms with Crippen molar-refractivity contribution in [3.8, 4) is 0 Å². The SMILES string of the molecule is CC.O=C1CCCN(SI)c2ncccc21. The van der Waals surface area contributed by atoms with Gasteiger partial charge in [0.05, 0.1) is 5.56 Å². The second-order valence-corrected chi connectivity index (χ2v) is 4.83. The van der Waals surface area contributed by atoms with Crippen molar-refractivity contribution in [1.82, 2.24) is 4.98 Å². The van der Waals surface area contributed by atoms with Crippen molar-refractivity contribution in [3.63, 3.8) is 0 Å². The van der Waals surface area contributed by atoms with Crippen LogP contribution in [0.3, 0.4) is 0 Å². The van der Waals surface area contributed by atoms with Gasteiger partial charge in [0.15, 0.2) is 5.78 Å². The first kappa shape index (κ1) is 13.8. The van der Waals surface area contributed by atoms with Gasteiger partial charge in [0.1, 0.15) is 5.82 Å². The Balaban J connectivity index is 0.000000606. The molecule has 0 atom stereocenters. The highest BCUT2D eigenvalue weighted by atomic mass is 127. The minimum Gasteiger partial charge on any atom is -0.294 e. The Morgan fingerprint density at radius 2 is 2.25 bits per heavy atom. The number of hydrogen-bond donors (Lipinski definition) is 0. The molecule has 0 amide bonds. The first-order valence-electron chi connectivity index (χ1n) is 5.37. The van der Waals surface area contributed by atoms with Crippen LogP contribution in [0.25, 0.3) is 0 Å². The monoisotopic (exact) mass is 350 g/mol. The average molecular weight is 350 g/mol. The third-order valence-corrected chi connectivity index (χ3v) is 4.12. The molecule has 1 aliphatic rings. The van der Waals surface area contributed by atoms with Gasteiger partial charge in [0.2, 0.25) is 0 Å². The molecule has 2 rings (SSSR count). The molecule has 0 saturated carbocycles. The van der Waals surface area contributed by atoms with Crippen LogP contribution in [0, 0.1) is 0 Å². The van der Waals surface area contributed by atoms with E-state index in [-0.39, 0.29) is 5.78 Å². The maximum atomic E-state index is 11.7. The predicted molar refractivity (Wildman–Crippen MR) is 78.1 cm³/mol. The van der Waals surface area contributed by atoms with Gasteiger partial charge in [-0.2, -0.15) is 0 Å². The van der Waals surface area contributed by atoms with Crippen LogP contribution in [0.1, 0.15) is 37.0 Å². The molecule has 0 unspecified atom stereocenters. The molecular formula is C11H15IN2OS. The van der Waals surface area contributed by atoms with E-state index < -0.39 is 0 Å². The van der Waals surface area contributed by atoms with Gasteiger partial charge >= 0.3 is 0 Å². The molecule has 0 bridgehead atoms. The van der Waals surface area contributed by atoms with E-state index in [1.54, 1.807) is 15.3 Å². The molecule has 88 valence electrons. The molecule has 0 saturated heterocycles. The fourth-order valence-electron chi connectivity index (χ4n) is 1.50. The summed E-state index contributed by atoms with van der Waals surface area (Å²) in [5, 5.41) is 0. The van der Waals surface area contributed by atoms with Crippen molar-refractivity contribution in [1.29, 1.82) is 0 Å². The minimum atomic E-state index is 0.209. The third kappa shape index (κ3) is 3.10. The van der Waals surface area contributed by atoms with E-state index in [4.69, 9.17) is 0 Å².